The number of halogens is 1. The fourth-order valence-electron chi connectivity index (χ4n) is 3.04. The molecule has 0 radical (unpaired) electrons. The minimum absolute atomic E-state index is 0. The first kappa shape index (κ1) is 17.2. The number of nitrogens with one attached hydrogen (secondary N) is 2. The molecular weight excluding hydrogens is 286 g/mol. The van der Waals surface area contributed by atoms with E-state index in [1.807, 2.05) is 0 Å². The Bertz CT molecular complexity index is 361. The predicted octanol–water partition coefficient (Wildman–Crippen LogP) is 0.972. The van der Waals surface area contributed by atoms with Gasteiger partial charge in [0.15, 0.2) is 0 Å². The summed E-state index contributed by atoms with van der Waals surface area (Å²) in [4.78, 5) is 0. The highest BCUT2D eigenvalue weighted by Gasteiger charge is 2.32. The Balaban J connectivity index is 0.00000180. The van der Waals surface area contributed by atoms with Gasteiger partial charge in [0.1, 0.15) is 0 Å². The van der Waals surface area contributed by atoms with Crippen LogP contribution in [0.2, 0.25) is 0 Å². The van der Waals surface area contributed by atoms with Crippen molar-refractivity contribution in [2.24, 2.45) is 11.8 Å². The van der Waals surface area contributed by atoms with Crippen molar-refractivity contribution in [3.63, 3.8) is 0 Å². The quantitative estimate of drug-likeness (QED) is 0.816. The van der Waals surface area contributed by atoms with Gasteiger partial charge in [0.05, 0.1) is 0 Å². The summed E-state index contributed by atoms with van der Waals surface area (Å²) in [6, 6.07) is 0.0521. The molecule has 0 saturated carbocycles. The summed E-state index contributed by atoms with van der Waals surface area (Å²) in [6.07, 6.45) is 3.10. The predicted molar refractivity (Wildman–Crippen MR) is 79.7 cm³/mol. The summed E-state index contributed by atoms with van der Waals surface area (Å²) in [6.45, 7) is 7.30. The molecule has 2 heterocycles. The Kier molecular flexibility index (Phi) is 6.53. The zero-order valence-electron chi connectivity index (χ0n) is 11.8. The molecule has 2 aliphatic heterocycles. The van der Waals surface area contributed by atoms with Crippen LogP contribution in [0, 0.1) is 11.8 Å². The third-order valence-electron chi connectivity index (χ3n) is 3.79. The van der Waals surface area contributed by atoms with Crippen molar-refractivity contribution in [2.75, 3.05) is 26.2 Å². The first-order chi connectivity index (χ1) is 8.47. The van der Waals surface area contributed by atoms with Crippen LogP contribution in [-0.4, -0.2) is 44.9 Å². The standard InChI is InChI=1S/C12H25N3O2S.ClH/c1-10-6-11(2)9-15(8-10)18(16,17)14-12-4-3-5-13-7-12;/h10-14H,3-9H2,1-2H3;1H/t10?,11?,12-;/m1./s1. The van der Waals surface area contributed by atoms with Gasteiger partial charge in [-0.05, 0) is 37.6 Å². The lowest BCUT2D eigenvalue weighted by atomic mass is 9.94. The number of hydrogen-bond donors (Lipinski definition) is 2. The highest BCUT2D eigenvalue weighted by atomic mass is 35.5. The topological polar surface area (TPSA) is 61.4 Å². The molecule has 2 aliphatic rings. The zero-order valence-corrected chi connectivity index (χ0v) is 13.4. The van der Waals surface area contributed by atoms with Crippen LogP contribution >= 0.6 is 12.4 Å². The minimum Gasteiger partial charge on any atom is -0.315 e. The smallest absolute Gasteiger partial charge is 0.279 e. The molecule has 2 saturated heterocycles. The fourth-order valence-corrected chi connectivity index (χ4v) is 4.71. The van der Waals surface area contributed by atoms with Crippen molar-refractivity contribution in [1.82, 2.24) is 14.3 Å². The number of nitrogens with zero attached hydrogens (tertiary/aromatic N) is 1. The molecule has 2 N–H and O–H groups in total. The highest BCUT2D eigenvalue weighted by Crippen LogP contribution is 2.23. The Labute approximate surface area is 123 Å². The fraction of sp³-hybridized carbons (Fsp3) is 1.00. The molecule has 0 aromatic rings. The van der Waals surface area contributed by atoms with E-state index in [4.69, 9.17) is 0 Å². The van der Waals surface area contributed by atoms with Crippen LogP contribution in [0.5, 0.6) is 0 Å². The van der Waals surface area contributed by atoms with Gasteiger partial charge in [-0.1, -0.05) is 13.8 Å². The molecule has 0 bridgehead atoms. The van der Waals surface area contributed by atoms with E-state index in [0.29, 0.717) is 24.9 Å². The van der Waals surface area contributed by atoms with E-state index in [-0.39, 0.29) is 18.4 Å². The van der Waals surface area contributed by atoms with Crippen LogP contribution in [0.4, 0.5) is 0 Å². The van der Waals surface area contributed by atoms with Crippen LogP contribution in [0.25, 0.3) is 0 Å². The first-order valence-electron chi connectivity index (χ1n) is 6.95. The molecule has 0 amide bonds. The first-order valence-corrected chi connectivity index (χ1v) is 8.39. The largest absolute Gasteiger partial charge is 0.315 e. The van der Waals surface area contributed by atoms with E-state index in [0.717, 1.165) is 32.4 Å². The van der Waals surface area contributed by atoms with Gasteiger partial charge in [0.25, 0.3) is 10.2 Å². The summed E-state index contributed by atoms with van der Waals surface area (Å²) in [5, 5.41) is 3.23. The van der Waals surface area contributed by atoms with E-state index < -0.39 is 10.2 Å². The molecule has 2 fully saturated rings. The van der Waals surface area contributed by atoms with Gasteiger partial charge in [-0.3, -0.25) is 0 Å². The lowest BCUT2D eigenvalue weighted by Crippen LogP contribution is -2.53. The number of hydrogen-bond acceptors (Lipinski definition) is 3. The normalized spacial score (nSPS) is 33.7. The Morgan fingerprint density at radius 3 is 2.37 bits per heavy atom. The SMILES string of the molecule is CC1CC(C)CN(S(=O)(=O)N[C@@H]2CCCNC2)C1.Cl. The van der Waals surface area contributed by atoms with Crippen molar-refractivity contribution in [2.45, 2.75) is 39.2 Å². The van der Waals surface area contributed by atoms with Crippen molar-refractivity contribution >= 4 is 22.6 Å². The highest BCUT2D eigenvalue weighted by molar-refractivity contribution is 7.87. The molecule has 19 heavy (non-hydrogen) atoms. The monoisotopic (exact) mass is 311 g/mol. The Hall–Kier alpha value is 0.120. The molecule has 0 aliphatic carbocycles. The average Bonchev–Trinajstić information content (AvgIpc) is 2.28. The van der Waals surface area contributed by atoms with E-state index in [9.17, 15) is 8.42 Å². The Morgan fingerprint density at radius 2 is 1.84 bits per heavy atom. The van der Waals surface area contributed by atoms with Crippen molar-refractivity contribution in [3.8, 4) is 0 Å². The van der Waals surface area contributed by atoms with Gasteiger partial charge in [0, 0.05) is 25.7 Å². The maximum atomic E-state index is 12.3. The van der Waals surface area contributed by atoms with Crippen molar-refractivity contribution in [1.29, 1.82) is 0 Å². The second-order valence-electron chi connectivity index (χ2n) is 5.93. The second-order valence-corrected chi connectivity index (χ2v) is 7.63. The minimum atomic E-state index is -3.31. The summed E-state index contributed by atoms with van der Waals surface area (Å²) in [7, 11) is -3.31. The second kappa shape index (κ2) is 7.22. The van der Waals surface area contributed by atoms with Crippen LogP contribution in [0.3, 0.4) is 0 Å². The summed E-state index contributed by atoms with van der Waals surface area (Å²) in [5.41, 5.74) is 0. The summed E-state index contributed by atoms with van der Waals surface area (Å²) >= 11 is 0. The molecule has 0 aromatic heterocycles. The van der Waals surface area contributed by atoms with E-state index in [2.05, 4.69) is 23.9 Å². The molecule has 5 nitrogen and oxygen atoms in total. The molecule has 2 unspecified atom stereocenters. The number of rotatable bonds is 3. The van der Waals surface area contributed by atoms with Gasteiger partial charge in [-0.15, -0.1) is 12.4 Å². The lowest BCUT2D eigenvalue weighted by molar-refractivity contribution is 0.219. The summed E-state index contributed by atoms with van der Waals surface area (Å²) < 4.78 is 29.1. The number of piperidine rings is 2. The molecule has 3 atom stereocenters. The third-order valence-corrected chi connectivity index (χ3v) is 5.40. The van der Waals surface area contributed by atoms with Crippen LogP contribution in [0.15, 0.2) is 0 Å². The molecule has 0 aromatic carbocycles. The van der Waals surface area contributed by atoms with Gasteiger partial charge >= 0.3 is 0 Å². The molecular formula is C12H26ClN3O2S. The van der Waals surface area contributed by atoms with Crippen LogP contribution in [-0.2, 0) is 10.2 Å². The van der Waals surface area contributed by atoms with E-state index in [1.165, 1.54) is 0 Å². The van der Waals surface area contributed by atoms with Crippen molar-refractivity contribution < 1.29 is 8.42 Å². The molecule has 2 rings (SSSR count). The van der Waals surface area contributed by atoms with Crippen molar-refractivity contribution in [3.05, 3.63) is 0 Å². The van der Waals surface area contributed by atoms with Crippen LogP contribution < -0.4 is 10.0 Å². The molecule has 0 spiro atoms. The third kappa shape index (κ3) is 4.86. The molecule has 114 valence electrons. The molecule has 7 heteroatoms. The van der Waals surface area contributed by atoms with Gasteiger partial charge in [0.2, 0.25) is 0 Å². The maximum Gasteiger partial charge on any atom is 0.279 e. The van der Waals surface area contributed by atoms with Gasteiger partial charge in [-0.25, -0.2) is 0 Å². The van der Waals surface area contributed by atoms with Gasteiger partial charge < -0.3 is 5.32 Å². The lowest BCUT2D eigenvalue weighted by Gasteiger charge is -2.35. The Morgan fingerprint density at radius 1 is 1.21 bits per heavy atom. The summed E-state index contributed by atoms with van der Waals surface area (Å²) in [5.74, 6) is 0.907. The van der Waals surface area contributed by atoms with E-state index in [1.54, 1.807) is 4.31 Å². The maximum absolute atomic E-state index is 12.3. The average molecular weight is 312 g/mol. The zero-order chi connectivity index (χ0) is 13.2. The van der Waals surface area contributed by atoms with E-state index >= 15 is 0 Å². The van der Waals surface area contributed by atoms with Crippen LogP contribution in [0.1, 0.15) is 33.1 Å². The van der Waals surface area contributed by atoms with Gasteiger partial charge in [-0.2, -0.15) is 17.4 Å².